The predicted molar refractivity (Wildman–Crippen MR) is 126 cm³/mol. The van der Waals surface area contributed by atoms with Crippen LogP contribution in [0, 0.1) is 12.7 Å². The predicted octanol–water partition coefficient (Wildman–Crippen LogP) is 6.04. The number of aromatic nitrogens is 1. The number of aliphatic hydroxyl groups is 1. The van der Waals surface area contributed by atoms with Crippen LogP contribution >= 0.6 is 27.5 Å². The summed E-state index contributed by atoms with van der Waals surface area (Å²) in [5, 5.41) is 13.8. The largest absolute Gasteiger partial charge is 0.444 e. The number of benzene rings is 1. The Morgan fingerprint density at radius 3 is 2.68 bits per heavy atom. The summed E-state index contributed by atoms with van der Waals surface area (Å²) in [6.07, 6.45) is 0.316. The standard InChI is InChI=1S/C20H24BrClFN3O3.C2H6/c1-10-7-12-16(13(9-27)18(22)25-17(12)15(23)14(10)21)24-11-5-6-26(8-11)19(28)29-20(2,3)4;1-2/h7,11,27H,5-6,8-9H2,1-4H3,(H,24,25);1-2H3. The zero-order valence-corrected chi connectivity index (χ0v) is 21.1. The van der Waals surface area contributed by atoms with Crippen LogP contribution in [-0.4, -0.2) is 45.8 Å². The summed E-state index contributed by atoms with van der Waals surface area (Å²) >= 11 is 9.47. The van der Waals surface area contributed by atoms with Gasteiger partial charge < -0.3 is 20.1 Å². The highest BCUT2D eigenvalue weighted by Gasteiger charge is 2.31. The lowest BCUT2D eigenvalue weighted by atomic mass is 10.1. The number of nitrogens with zero attached hydrogens (tertiary/aromatic N) is 2. The van der Waals surface area contributed by atoms with E-state index in [-0.39, 0.29) is 29.4 Å². The van der Waals surface area contributed by atoms with Crippen LogP contribution in [0.5, 0.6) is 0 Å². The molecule has 2 aromatic rings. The Balaban J connectivity index is 0.00000166. The summed E-state index contributed by atoms with van der Waals surface area (Å²) in [6.45, 7) is 11.9. The number of amides is 1. The molecule has 0 bridgehead atoms. The van der Waals surface area contributed by atoms with Crippen LogP contribution < -0.4 is 5.32 Å². The lowest BCUT2D eigenvalue weighted by Crippen LogP contribution is -2.36. The number of ether oxygens (including phenoxy) is 1. The zero-order chi connectivity index (χ0) is 23.5. The fourth-order valence-electron chi connectivity index (χ4n) is 3.36. The number of hydrogen-bond donors (Lipinski definition) is 2. The number of halogens is 3. The van der Waals surface area contributed by atoms with Crippen molar-refractivity contribution in [3.8, 4) is 0 Å². The molecule has 0 aliphatic carbocycles. The van der Waals surface area contributed by atoms with E-state index in [2.05, 4.69) is 26.2 Å². The first-order chi connectivity index (χ1) is 14.5. The fraction of sp³-hybridized carbons (Fsp3) is 0.545. The van der Waals surface area contributed by atoms with Gasteiger partial charge in [0.2, 0.25) is 0 Å². The number of likely N-dealkylation sites (tertiary alicyclic amines) is 1. The molecule has 172 valence electrons. The van der Waals surface area contributed by atoms with E-state index in [1.54, 1.807) is 17.9 Å². The maximum atomic E-state index is 14.8. The first-order valence-corrected chi connectivity index (χ1v) is 11.5. The molecule has 1 aromatic heterocycles. The molecule has 1 aliphatic heterocycles. The van der Waals surface area contributed by atoms with E-state index >= 15 is 0 Å². The summed E-state index contributed by atoms with van der Waals surface area (Å²) < 4.78 is 20.5. The molecule has 6 nitrogen and oxygen atoms in total. The molecule has 2 heterocycles. The van der Waals surface area contributed by atoms with Gasteiger partial charge in [0.15, 0.2) is 5.82 Å². The Hall–Kier alpha value is -1.64. The maximum absolute atomic E-state index is 14.8. The second kappa shape index (κ2) is 10.3. The van der Waals surface area contributed by atoms with Gasteiger partial charge in [-0.1, -0.05) is 25.4 Å². The average molecular weight is 519 g/mol. The number of hydrogen-bond acceptors (Lipinski definition) is 5. The number of aryl methyl sites for hydroxylation is 1. The minimum Gasteiger partial charge on any atom is -0.444 e. The summed E-state index contributed by atoms with van der Waals surface area (Å²) in [4.78, 5) is 18.1. The third-order valence-corrected chi connectivity index (χ3v) is 6.03. The highest BCUT2D eigenvalue weighted by Crippen LogP contribution is 2.37. The van der Waals surface area contributed by atoms with Crippen molar-refractivity contribution in [3.63, 3.8) is 0 Å². The summed E-state index contributed by atoms with van der Waals surface area (Å²) in [5.74, 6) is -0.503. The first-order valence-electron chi connectivity index (χ1n) is 10.3. The molecule has 3 rings (SSSR count). The molecule has 1 aromatic carbocycles. The molecule has 1 saturated heterocycles. The van der Waals surface area contributed by atoms with E-state index in [0.717, 1.165) is 0 Å². The lowest BCUT2D eigenvalue weighted by molar-refractivity contribution is 0.0293. The number of carbonyl (C=O) groups is 1. The van der Waals surface area contributed by atoms with Crippen molar-refractivity contribution in [1.29, 1.82) is 0 Å². The zero-order valence-electron chi connectivity index (χ0n) is 18.8. The number of nitrogens with one attached hydrogen (secondary N) is 1. The van der Waals surface area contributed by atoms with Crippen molar-refractivity contribution in [2.24, 2.45) is 0 Å². The molecule has 2 N–H and O–H groups in total. The topological polar surface area (TPSA) is 74.7 Å². The molecule has 9 heteroatoms. The lowest BCUT2D eigenvalue weighted by Gasteiger charge is -2.25. The highest BCUT2D eigenvalue weighted by atomic mass is 79.9. The third-order valence-electron chi connectivity index (χ3n) is 4.74. The molecular formula is C22H30BrClFN3O3. The first kappa shape index (κ1) is 25.6. The number of rotatable bonds is 3. The Morgan fingerprint density at radius 1 is 1.45 bits per heavy atom. The minimum atomic E-state index is -0.566. The van der Waals surface area contributed by atoms with Gasteiger partial charge in [-0.25, -0.2) is 14.2 Å². The van der Waals surface area contributed by atoms with E-state index < -0.39 is 11.4 Å². The van der Waals surface area contributed by atoms with E-state index in [0.29, 0.717) is 46.2 Å². The number of anilines is 1. The molecule has 0 saturated carbocycles. The highest BCUT2D eigenvalue weighted by molar-refractivity contribution is 9.10. The van der Waals surface area contributed by atoms with Gasteiger partial charge in [0, 0.05) is 30.1 Å². The quantitative estimate of drug-likeness (QED) is 0.485. The van der Waals surface area contributed by atoms with Crippen LogP contribution in [-0.2, 0) is 11.3 Å². The van der Waals surface area contributed by atoms with Gasteiger partial charge in [0.05, 0.1) is 16.8 Å². The summed E-state index contributed by atoms with van der Waals surface area (Å²) in [5.41, 5.74) is 1.19. The minimum absolute atomic E-state index is 0.0409. The normalized spacial score (nSPS) is 16.2. The van der Waals surface area contributed by atoms with Crippen LogP contribution in [0.4, 0.5) is 14.9 Å². The third kappa shape index (κ3) is 5.79. The van der Waals surface area contributed by atoms with Gasteiger partial charge in [-0.2, -0.15) is 0 Å². The Bertz CT molecular complexity index is 966. The second-order valence-electron chi connectivity index (χ2n) is 8.19. The van der Waals surface area contributed by atoms with Crippen LogP contribution in [0.1, 0.15) is 52.2 Å². The molecular weight excluding hydrogens is 489 g/mol. The van der Waals surface area contributed by atoms with Crippen molar-refractivity contribution in [2.45, 2.75) is 66.2 Å². The van der Waals surface area contributed by atoms with Gasteiger partial charge in [-0.3, -0.25) is 0 Å². The van der Waals surface area contributed by atoms with Crippen molar-refractivity contribution in [2.75, 3.05) is 18.4 Å². The molecule has 31 heavy (non-hydrogen) atoms. The number of fused-ring (bicyclic) bond motifs is 1. The number of pyridine rings is 1. The van der Waals surface area contributed by atoms with Crippen molar-refractivity contribution >= 4 is 50.2 Å². The monoisotopic (exact) mass is 517 g/mol. The van der Waals surface area contributed by atoms with Crippen molar-refractivity contribution in [3.05, 3.63) is 32.6 Å². The smallest absolute Gasteiger partial charge is 0.410 e. The van der Waals surface area contributed by atoms with E-state index in [1.165, 1.54) is 0 Å². The van der Waals surface area contributed by atoms with Crippen LogP contribution in [0.15, 0.2) is 10.5 Å². The second-order valence-corrected chi connectivity index (χ2v) is 9.34. The molecule has 1 atom stereocenters. The van der Waals surface area contributed by atoms with Crippen LogP contribution in [0.3, 0.4) is 0 Å². The maximum Gasteiger partial charge on any atom is 0.410 e. The fourth-order valence-corrected chi connectivity index (χ4v) is 3.90. The molecule has 0 spiro atoms. The van der Waals surface area contributed by atoms with Gasteiger partial charge in [-0.05, 0) is 61.7 Å². The summed E-state index contributed by atoms with van der Waals surface area (Å²) in [6, 6.07) is 1.70. The molecule has 0 radical (unpaired) electrons. The average Bonchev–Trinajstić information content (AvgIpc) is 3.17. The van der Waals surface area contributed by atoms with E-state index in [1.807, 2.05) is 34.6 Å². The van der Waals surface area contributed by atoms with Gasteiger partial charge in [0.25, 0.3) is 0 Å². The van der Waals surface area contributed by atoms with Crippen molar-refractivity contribution in [1.82, 2.24) is 9.88 Å². The van der Waals surface area contributed by atoms with Crippen LogP contribution in [0.2, 0.25) is 5.15 Å². The SMILES string of the molecule is CC.Cc1cc2c(NC3CCN(C(=O)OC(C)(C)C)C3)c(CO)c(Cl)nc2c(F)c1Br. The Morgan fingerprint density at radius 2 is 2.10 bits per heavy atom. The van der Waals surface area contributed by atoms with Gasteiger partial charge in [0.1, 0.15) is 16.3 Å². The Kier molecular flexibility index (Phi) is 8.53. The number of aliphatic hydroxyl groups excluding tert-OH is 1. The number of carbonyl (C=O) groups excluding carboxylic acids is 1. The molecule has 1 amide bonds. The van der Waals surface area contributed by atoms with Crippen LogP contribution in [0.25, 0.3) is 10.9 Å². The van der Waals surface area contributed by atoms with Crippen molar-refractivity contribution < 1.29 is 19.0 Å². The van der Waals surface area contributed by atoms with Gasteiger partial charge in [-0.15, -0.1) is 0 Å². The van der Waals surface area contributed by atoms with Gasteiger partial charge >= 0.3 is 6.09 Å². The van der Waals surface area contributed by atoms with E-state index in [9.17, 15) is 14.3 Å². The summed E-state index contributed by atoms with van der Waals surface area (Å²) in [7, 11) is 0. The van der Waals surface area contributed by atoms with E-state index in [4.69, 9.17) is 16.3 Å². The molecule has 1 aliphatic rings. The Labute approximate surface area is 196 Å². The molecule has 1 unspecified atom stereocenters. The molecule has 1 fully saturated rings.